The summed E-state index contributed by atoms with van der Waals surface area (Å²) in [6, 6.07) is 9.73. The largest absolute Gasteiger partial charge is 0.387 e. The molecule has 0 radical (unpaired) electrons. The number of hydrogen-bond acceptors (Lipinski definition) is 4. The third-order valence-corrected chi connectivity index (χ3v) is 6.45. The van der Waals surface area contributed by atoms with E-state index < -0.39 is 11.9 Å². The summed E-state index contributed by atoms with van der Waals surface area (Å²) in [7, 11) is 0. The van der Waals surface area contributed by atoms with Crippen LogP contribution in [0.1, 0.15) is 75.9 Å². The summed E-state index contributed by atoms with van der Waals surface area (Å²) in [6.45, 7) is 13.5. The number of nitrogens with zero attached hydrogens (tertiary/aromatic N) is 2. The number of pyridine rings is 1. The van der Waals surface area contributed by atoms with Gasteiger partial charge in [-0.25, -0.2) is 9.37 Å². The molecule has 182 valence electrons. The molecular weight excluding hydrogens is 449 g/mol. The molecule has 0 aliphatic rings. The first kappa shape index (κ1) is 27.6. The Morgan fingerprint density at radius 3 is 2.50 bits per heavy atom. The number of nitriles is 1. The molecule has 0 fully saturated rings. The maximum Gasteiger partial charge on any atom is 0.157 e. The lowest BCUT2D eigenvalue weighted by Gasteiger charge is -2.23. The van der Waals surface area contributed by atoms with Crippen molar-refractivity contribution in [3.63, 3.8) is 0 Å². The quantitative estimate of drug-likeness (QED) is 0.356. The van der Waals surface area contributed by atoms with Gasteiger partial charge in [-0.1, -0.05) is 50.6 Å². The standard InChI is InChI=1S/C26H29ClFN3O.C2H6/c1-6-15(3)30-25-16(4)24(17(5)32)31-26-20(25)13-18(10-8-12-29)21(23(26)28)19-11-7-9-14(2)22(19)27;1-2/h7,9,11,13,15,17,32H,6,8,10H2,1-5H3,(H,30,31);1-2H3. The third-order valence-electron chi connectivity index (χ3n) is 5.95. The van der Waals surface area contributed by atoms with Gasteiger partial charge in [0.15, 0.2) is 5.82 Å². The molecule has 1 heterocycles. The van der Waals surface area contributed by atoms with Crippen molar-refractivity contribution in [3.8, 4) is 17.2 Å². The normalized spacial score (nSPS) is 12.5. The number of aliphatic hydroxyl groups excluding tert-OH is 1. The molecule has 0 aliphatic carbocycles. The van der Waals surface area contributed by atoms with Crippen LogP contribution < -0.4 is 5.32 Å². The number of anilines is 1. The van der Waals surface area contributed by atoms with Gasteiger partial charge < -0.3 is 10.4 Å². The van der Waals surface area contributed by atoms with E-state index in [1.807, 2.05) is 45.9 Å². The summed E-state index contributed by atoms with van der Waals surface area (Å²) in [5.74, 6) is -0.489. The highest BCUT2D eigenvalue weighted by atomic mass is 35.5. The van der Waals surface area contributed by atoms with Crippen LogP contribution in [0.3, 0.4) is 0 Å². The van der Waals surface area contributed by atoms with E-state index in [1.165, 1.54) is 0 Å². The second-order valence-corrected chi connectivity index (χ2v) is 8.72. The first-order chi connectivity index (χ1) is 16.2. The highest BCUT2D eigenvalue weighted by Gasteiger charge is 2.24. The molecule has 0 amide bonds. The fourth-order valence-electron chi connectivity index (χ4n) is 3.99. The smallest absolute Gasteiger partial charge is 0.157 e. The Morgan fingerprint density at radius 1 is 1.24 bits per heavy atom. The zero-order chi connectivity index (χ0) is 25.6. The molecule has 34 heavy (non-hydrogen) atoms. The lowest BCUT2D eigenvalue weighted by molar-refractivity contribution is 0.194. The minimum atomic E-state index is -0.847. The minimum Gasteiger partial charge on any atom is -0.387 e. The van der Waals surface area contributed by atoms with Crippen LogP contribution in [0.5, 0.6) is 0 Å². The molecule has 1 aromatic heterocycles. The van der Waals surface area contributed by atoms with E-state index in [1.54, 1.807) is 13.0 Å². The monoisotopic (exact) mass is 483 g/mol. The summed E-state index contributed by atoms with van der Waals surface area (Å²) >= 11 is 6.58. The molecule has 4 nitrogen and oxygen atoms in total. The van der Waals surface area contributed by atoms with E-state index in [0.717, 1.165) is 23.2 Å². The van der Waals surface area contributed by atoms with Crippen molar-refractivity contribution in [1.29, 1.82) is 5.26 Å². The van der Waals surface area contributed by atoms with Crippen LogP contribution in [-0.4, -0.2) is 16.1 Å². The van der Waals surface area contributed by atoms with Crippen LogP contribution >= 0.6 is 11.6 Å². The highest BCUT2D eigenvalue weighted by Crippen LogP contribution is 2.41. The predicted molar refractivity (Wildman–Crippen MR) is 141 cm³/mol. The van der Waals surface area contributed by atoms with Gasteiger partial charge in [0.2, 0.25) is 0 Å². The van der Waals surface area contributed by atoms with Crippen molar-refractivity contribution in [1.82, 2.24) is 4.98 Å². The van der Waals surface area contributed by atoms with E-state index >= 15 is 4.39 Å². The molecule has 0 bridgehead atoms. The number of fused-ring (bicyclic) bond motifs is 1. The van der Waals surface area contributed by atoms with Gasteiger partial charge in [0.25, 0.3) is 0 Å². The number of aliphatic hydroxyl groups is 1. The second kappa shape index (κ2) is 12.1. The average Bonchev–Trinajstić information content (AvgIpc) is 2.82. The van der Waals surface area contributed by atoms with Crippen LogP contribution in [0.2, 0.25) is 5.02 Å². The van der Waals surface area contributed by atoms with Gasteiger partial charge in [-0.2, -0.15) is 5.26 Å². The lowest BCUT2D eigenvalue weighted by atomic mass is 9.91. The molecule has 0 aliphatic heterocycles. The maximum atomic E-state index is 16.2. The molecule has 3 aromatic rings. The molecule has 2 aromatic carbocycles. The topological polar surface area (TPSA) is 68.9 Å². The van der Waals surface area contributed by atoms with Crippen LogP contribution in [0.25, 0.3) is 22.0 Å². The molecule has 0 saturated carbocycles. The van der Waals surface area contributed by atoms with Crippen LogP contribution in [-0.2, 0) is 6.42 Å². The van der Waals surface area contributed by atoms with Crippen LogP contribution in [0.4, 0.5) is 10.1 Å². The Bertz CT molecular complexity index is 1200. The van der Waals surface area contributed by atoms with Gasteiger partial charge in [0.05, 0.1) is 22.9 Å². The number of rotatable bonds is 7. The van der Waals surface area contributed by atoms with Gasteiger partial charge in [0, 0.05) is 34.7 Å². The Balaban J connectivity index is 0.00000199. The number of aryl methyl sites for hydroxylation is 2. The summed E-state index contributed by atoms with van der Waals surface area (Å²) in [4.78, 5) is 4.55. The molecule has 0 spiro atoms. The zero-order valence-electron chi connectivity index (χ0n) is 21.2. The fourth-order valence-corrected chi connectivity index (χ4v) is 4.21. The number of benzene rings is 2. The van der Waals surface area contributed by atoms with Gasteiger partial charge in [-0.3, -0.25) is 0 Å². The molecule has 2 unspecified atom stereocenters. The Labute approximate surface area is 207 Å². The van der Waals surface area contributed by atoms with Crippen molar-refractivity contribution in [2.75, 3.05) is 5.32 Å². The van der Waals surface area contributed by atoms with Crippen molar-refractivity contribution in [2.45, 2.75) is 79.9 Å². The van der Waals surface area contributed by atoms with Crippen LogP contribution in [0, 0.1) is 31.0 Å². The third kappa shape index (κ3) is 5.51. The van der Waals surface area contributed by atoms with E-state index in [-0.39, 0.29) is 18.0 Å². The van der Waals surface area contributed by atoms with E-state index in [2.05, 4.69) is 30.2 Å². The summed E-state index contributed by atoms with van der Waals surface area (Å²) < 4.78 is 16.2. The highest BCUT2D eigenvalue weighted by molar-refractivity contribution is 6.34. The Hall–Kier alpha value is -2.68. The second-order valence-electron chi connectivity index (χ2n) is 8.34. The van der Waals surface area contributed by atoms with Crippen molar-refractivity contribution >= 4 is 28.2 Å². The first-order valence-corrected chi connectivity index (χ1v) is 12.3. The first-order valence-electron chi connectivity index (χ1n) is 11.9. The Morgan fingerprint density at radius 2 is 1.91 bits per heavy atom. The number of aromatic nitrogens is 1. The van der Waals surface area contributed by atoms with E-state index in [4.69, 9.17) is 11.6 Å². The van der Waals surface area contributed by atoms with Crippen molar-refractivity contribution in [3.05, 3.63) is 57.5 Å². The molecule has 3 rings (SSSR count). The van der Waals surface area contributed by atoms with E-state index in [9.17, 15) is 10.4 Å². The molecule has 6 heteroatoms. The summed E-state index contributed by atoms with van der Waals surface area (Å²) in [5, 5.41) is 24.1. The average molecular weight is 484 g/mol. The maximum absolute atomic E-state index is 16.2. The summed E-state index contributed by atoms with van der Waals surface area (Å²) in [5.41, 5.74) is 4.68. The molecule has 0 saturated heterocycles. The van der Waals surface area contributed by atoms with Crippen molar-refractivity contribution < 1.29 is 9.50 Å². The van der Waals surface area contributed by atoms with Gasteiger partial charge in [-0.15, -0.1) is 0 Å². The fraction of sp³-hybridized carbons (Fsp3) is 0.429. The SMILES string of the molecule is CC.CCC(C)Nc1c(C)c(C(C)O)nc2c(F)c(-c3cccc(C)c3Cl)c(CCC#N)cc12. The van der Waals surface area contributed by atoms with Gasteiger partial charge >= 0.3 is 0 Å². The Kier molecular flexibility index (Phi) is 9.85. The summed E-state index contributed by atoms with van der Waals surface area (Å²) in [6.07, 6.45) is 0.686. The predicted octanol–water partition coefficient (Wildman–Crippen LogP) is 8.06. The lowest BCUT2D eigenvalue weighted by Crippen LogP contribution is -2.17. The van der Waals surface area contributed by atoms with E-state index in [0.29, 0.717) is 39.2 Å². The number of hydrogen-bond donors (Lipinski definition) is 2. The van der Waals surface area contributed by atoms with Crippen LogP contribution in [0.15, 0.2) is 24.3 Å². The minimum absolute atomic E-state index is 0.151. The van der Waals surface area contributed by atoms with Gasteiger partial charge in [-0.05, 0) is 63.3 Å². The van der Waals surface area contributed by atoms with Gasteiger partial charge in [0.1, 0.15) is 5.52 Å². The molecule has 2 N–H and O–H groups in total. The zero-order valence-corrected chi connectivity index (χ0v) is 21.9. The number of nitrogens with one attached hydrogen (secondary N) is 1. The molecular formula is C28H35ClFN3O. The van der Waals surface area contributed by atoms with Crippen molar-refractivity contribution in [2.24, 2.45) is 0 Å². The number of halogens is 2. The molecule has 2 atom stereocenters.